The minimum absolute atomic E-state index is 0.136. The van der Waals surface area contributed by atoms with E-state index < -0.39 is 0 Å². The number of carbonyl (C=O) groups is 1. The van der Waals surface area contributed by atoms with Crippen LogP contribution >= 0.6 is 0 Å². The Morgan fingerprint density at radius 1 is 0.964 bits per heavy atom. The van der Waals surface area contributed by atoms with Crippen LogP contribution < -0.4 is 10.2 Å². The number of hydrogen-bond donors (Lipinski definition) is 1. The van der Waals surface area contributed by atoms with Crippen molar-refractivity contribution in [3.63, 3.8) is 0 Å². The van der Waals surface area contributed by atoms with Crippen LogP contribution in [0.1, 0.15) is 39.8 Å². The van der Waals surface area contributed by atoms with Crippen LogP contribution in [0.5, 0.6) is 0 Å². The third kappa shape index (κ3) is 4.19. The number of hydrogen-bond acceptors (Lipinski definition) is 4. The summed E-state index contributed by atoms with van der Waals surface area (Å²) in [4.78, 5) is 23.9. The van der Waals surface area contributed by atoms with Crippen molar-refractivity contribution < 1.29 is 4.79 Å². The summed E-state index contributed by atoms with van der Waals surface area (Å²) < 4.78 is 0. The van der Waals surface area contributed by atoms with Gasteiger partial charge in [0.1, 0.15) is 5.69 Å². The lowest BCUT2D eigenvalue weighted by Gasteiger charge is -2.21. The number of aromatic nitrogens is 2. The Morgan fingerprint density at radius 2 is 1.64 bits per heavy atom. The zero-order chi connectivity index (χ0) is 20.3. The second kappa shape index (κ2) is 8.21. The number of para-hydroxylation sites is 1. The first-order chi connectivity index (χ1) is 13.4. The summed E-state index contributed by atoms with van der Waals surface area (Å²) in [5, 5.41) is 3.29. The summed E-state index contributed by atoms with van der Waals surface area (Å²) in [7, 11) is 0. The third-order valence-electron chi connectivity index (χ3n) is 4.67. The number of anilines is 3. The SMILES string of the molecule is CCN(C(=O)c1cc(C)nc(Nc2c(C)cccc2C)n1)c1cccc(C)c1. The highest BCUT2D eigenvalue weighted by atomic mass is 16.2. The summed E-state index contributed by atoms with van der Waals surface area (Å²) >= 11 is 0. The first-order valence-corrected chi connectivity index (χ1v) is 9.46. The number of benzene rings is 2. The Balaban J connectivity index is 1.95. The molecule has 2 aromatic carbocycles. The van der Waals surface area contributed by atoms with E-state index in [2.05, 4.69) is 15.3 Å². The molecule has 5 heteroatoms. The Hall–Kier alpha value is -3.21. The molecule has 1 aromatic heterocycles. The van der Waals surface area contributed by atoms with Crippen molar-refractivity contribution in [2.75, 3.05) is 16.8 Å². The second-order valence-corrected chi connectivity index (χ2v) is 7.00. The predicted octanol–water partition coefficient (Wildman–Crippen LogP) is 5.12. The van der Waals surface area contributed by atoms with Crippen LogP contribution in [-0.4, -0.2) is 22.4 Å². The number of nitrogens with zero attached hydrogens (tertiary/aromatic N) is 3. The van der Waals surface area contributed by atoms with Gasteiger partial charge in [-0.15, -0.1) is 0 Å². The molecule has 0 saturated carbocycles. The highest BCUT2D eigenvalue weighted by Crippen LogP contribution is 2.24. The van der Waals surface area contributed by atoms with Crippen LogP contribution in [0.15, 0.2) is 48.5 Å². The van der Waals surface area contributed by atoms with Gasteiger partial charge >= 0.3 is 0 Å². The quantitative estimate of drug-likeness (QED) is 0.673. The van der Waals surface area contributed by atoms with Gasteiger partial charge in [-0.2, -0.15) is 0 Å². The molecule has 0 radical (unpaired) electrons. The summed E-state index contributed by atoms with van der Waals surface area (Å²) in [5.41, 5.74) is 6.28. The molecule has 1 amide bonds. The molecular formula is C23H26N4O. The van der Waals surface area contributed by atoms with E-state index in [9.17, 15) is 4.79 Å². The zero-order valence-corrected chi connectivity index (χ0v) is 17.1. The molecule has 144 valence electrons. The van der Waals surface area contributed by atoms with E-state index in [1.54, 1.807) is 11.0 Å². The van der Waals surface area contributed by atoms with Crippen LogP contribution in [-0.2, 0) is 0 Å². The Kier molecular flexibility index (Phi) is 5.73. The van der Waals surface area contributed by atoms with Crippen LogP contribution in [0.4, 0.5) is 17.3 Å². The van der Waals surface area contributed by atoms with Crippen molar-refractivity contribution in [2.24, 2.45) is 0 Å². The monoisotopic (exact) mass is 374 g/mol. The molecular weight excluding hydrogens is 348 g/mol. The first kappa shape index (κ1) is 19.5. The van der Waals surface area contributed by atoms with E-state index >= 15 is 0 Å². The number of aryl methyl sites for hydroxylation is 4. The molecule has 0 bridgehead atoms. The molecule has 1 heterocycles. The van der Waals surface area contributed by atoms with Gasteiger partial charge in [0.2, 0.25) is 5.95 Å². The molecule has 28 heavy (non-hydrogen) atoms. The standard InChI is InChI=1S/C23H26N4O/c1-6-27(19-12-7-9-15(2)13-19)22(28)20-14-18(5)24-23(25-20)26-21-16(3)10-8-11-17(21)4/h7-14H,6H2,1-5H3,(H,24,25,26). The smallest absolute Gasteiger partial charge is 0.277 e. The Labute approximate surface area is 166 Å². The maximum absolute atomic E-state index is 13.2. The van der Waals surface area contributed by atoms with E-state index in [-0.39, 0.29) is 5.91 Å². The van der Waals surface area contributed by atoms with Crippen molar-refractivity contribution in [3.05, 3.63) is 76.6 Å². The van der Waals surface area contributed by atoms with E-state index in [1.807, 2.05) is 77.1 Å². The van der Waals surface area contributed by atoms with Gasteiger partial charge in [0.25, 0.3) is 5.91 Å². The maximum Gasteiger partial charge on any atom is 0.277 e. The summed E-state index contributed by atoms with van der Waals surface area (Å²) in [6.07, 6.45) is 0. The fourth-order valence-electron chi connectivity index (χ4n) is 3.24. The topological polar surface area (TPSA) is 58.1 Å². The van der Waals surface area contributed by atoms with Crippen molar-refractivity contribution in [1.82, 2.24) is 9.97 Å². The third-order valence-corrected chi connectivity index (χ3v) is 4.67. The summed E-state index contributed by atoms with van der Waals surface area (Å²) in [6, 6.07) is 15.7. The molecule has 0 aliphatic rings. The van der Waals surface area contributed by atoms with Crippen molar-refractivity contribution in [3.8, 4) is 0 Å². The number of amides is 1. The fourth-order valence-corrected chi connectivity index (χ4v) is 3.24. The van der Waals surface area contributed by atoms with E-state index in [1.165, 1.54) is 0 Å². The highest BCUT2D eigenvalue weighted by Gasteiger charge is 2.19. The van der Waals surface area contributed by atoms with Gasteiger partial charge in [0, 0.05) is 23.6 Å². The van der Waals surface area contributed by atoms with Gasteiger partial charge in [-0.1, -0.05) is 30.3 Å². The summed E-state index contributed by atoms with van der Waals surface area (Å²) in [5.74, 6) is 0.296. The zero-order valence-electron chi connectivity index (χ0n) is 17.1. The molecule has 0 fully saturated rings. The second-order valence-electron chi connectivity index (χ2n) is 7.00. The molecule has 0 spiro atoms. The molecule has 3 aromatic rings. The lowest BCUT2D eigenvalue weighted by molar-refractivity contribution is 0.0983. The lowest BCUT2D eigenvalue weighted by atomic mass is 10.1. The van der Waals surface area contributed by atoms with Gasteiger partial charge in [-0.05, 0) is 69.5 Å². The number of rotatable bonds is 5. The van der Waals surface area contributed by atoms with Crippen molar-refractivity contribution in [2.45, 2.75) is 34.6 Å². The van der Waals surface area contributed by atoms with Gasteiger partial charge < -0.3 is 10.2 Å². The molecule has 3 rings (SSSR count). The summed E-state index contributed by atoms with van der Waals surface area (Å²) in [6.45, 7) is 10.5. The van der Waals surface area contributed by atoms with Crippen molar-refractivity contribution in [1.29, 1.82) is 0 Å². The minimum Gasteiger partial charge on any atom is -0.324 e. The predicted molar refractivity (Wildman–Crippen MR) is 114 cm³/mol. The Morgan fingerprint density at radius 3 is 2.29 bits per heavy atom. The molecule has 1 N–H and O–H groups in total. The van der Waals surface area contributed by atoms with Gasteiger partial charge in [0.15, 0.2) is 0 Å². The average Bonchev–Trinajstić information content (AvgIpc) is 2.65. The van der Waals surface area contributed by atoms with Crippen LogP contribution in [0.3, 0.4) is 0 Å². The normalized spacial score (nSPS) is 10.6. The van der Waals surface area contributed by atoms with Gasteiger partial charge in [0.05, 0.1) is 0 Å². The van der Waals surface area contributed by atoms with Crippen LogP contribution in [0.25, 0.3) is 0 Å². The average molecular weight is 374 g/mol. The van der Waals surface area contributed by atoms with Crippen LogP contribution in [0, 0.1) is 27.7 Å². The highest BCUT2D eigenvalue weighted by molar-refractivity contribution is 6.05. The molecule has 0 saturated heterocycles. The maximum atomic E-state index is 13.2. The lowest BCUT2D eigenvalue weighted by Crippen LogP contribution is -2.31. The Bertz CT molecular complexity index is 993. The number of carbonyl (C=O) groups excluding carboxylic acids is 1. The van der Waals surface area contributed by atoms with E-state index in [0.717, 1.165) is 33.8 Å². The van der Waals surface area contributed by atoms with E-state index in [0.29, 0.717) is 18.2 Å². The van der Waals surface area contributed by atoms with Crippen molar-refractivity contribution >= 4 is 23.2 Å². The molecule has 0 unspecified atom stereocenters. The fraction of sp³-hybridized carbons (Fsp3) is 0.261. The molecule has 0 aliphatic carbocycles. The number of nitrogens with one attached hydrogen (secondary N) is 1. The minimum atomic E-state index is -0.136. The molecule has 0 atom stereocenters. The first-order valence-electron chi connectivity index (χ1n) is 9.46. The van der Waals surface area contributed by atoms with Crippen LogP contribution in [0.2, 0.25) is 0 Å². The molecule has 0 aliphatic heterocycles. The molecule has 5 nitrogen and oxygen atoms in total. The van der Waals surface area contributed by atoms with E-state index in [4.69, 9.17) is 0 Å². The largest absolute Gasteiger partial charge is 0.324 e. The van der Waals surface area contributed by atoms with Gasteiger partial charge in [-0.3, -0.25) is 4.79 Å². The van der Waals surface area contributed by atoms with Gasteiger partial charge in [-0.25, -0.2) is 9.97 Å².